The zero-order chi connectivity index (χ0) is 29.4. The van der Waals surface area contributed by atoms with Gasteiger partial charge in [-0.05, 0) is 62.0 Å². The molecule has 6 atom stereocenters. The minimum absolute atomic E-state index is 0.0128. The van der Waals surface area contributed by atoms with E-state index in [1.54, 1.807) is 6.92 Å². The summed E-state index contributed by atoms with van der Waals surface area (Å²) >= 11 is 0. The Balaban J connectivity index is 1.27. The number of nitrogens with one attached hydrogen (secondary N) is 3. The van der Waals surface area contributed by atoms with Gasteiger partial charge in [-0.2, -0.15) is 0 Å². The van der Waals surface area contributed by atoms with Crippen molar-refractivity contribution in [2.45, 2.75) is 83.7 Å². The highest BCUT2D eigenvalue weighted by Gasteiger charge is 2.49. The van der Waals surface area contributed by atoms with Gasteiger partial charge in [-0.25, -0.2) is 4.79 Å². The molecule has 0 bridgehead atoms. The Bertz CT molecular complexity index is 1190. The minimum Gasteiger partial charge on any atom is -0.451 e. The molecule has 0 aromatic heterocycles. The molecule has 2 aromatic carbocycles. The lowest BCUT2D eigenvalue weighted by Gasteiger charge is -2.34. The van der Waals surface area contributed by atoms with E-state index in [2.05, 4.69) is 28.1 Å². The van der Waals surface area contributed by atoms with E-state index in [1.807, 2.05) is 62.4 Å². The first-order valence-corrected chi connectivity index (χ1v) is 14.5. The quantitative estimate of drug-likeness (QED) is 0.300. The Morgan fingerprint density at radius 3 is 2.22 bits per heavy atom. The fourth-order valence-electron chi connectivity index (χ4n) is 5.19. The number of benzene rings is 2. The molecule has 3 N–H and O–H groups in total. The molecule has 41 heavy (non-hydrogen) atoms. The third-order valence-electron chi connectivity index (χ3n) is 7.64. The molecule has 1 saturated carbocycles. The predicted octanol–water partition coefficient (Wildman–Crippen LogP) is 3.90. The monoisotopic (exact) mass is 563 g/mol. The highest BCUT2D eigenvalue weighted by Crippen LogP contribution is 2.37. The van der Waals surface area contributed by atoms with Gasteiger partial charge in [0.05, 0.1) is 0 Å². The normalized spacial score (nSPS) is 22.5. The third-order valence-corrected chi connectivity index (χ3v) is 7.64. The maximum absolute atomic E-state index is 13.0. The van der Waals surface area contributed by atoms with Crippen molar-refractivity contribution in [2.24, 2.45) is 17.8 Å². The van der Waals surface area contributed by atoms with Gasteiger partial charge in [-0.15, -0.1) is 0 Å². The maximum Gasteiger partial charge on any atom is 0.408 e. The van der Waals surface area contributed by atoms with Crippen LogP contribution < -0.4 is 16.0 Å². The Morgan fingerprint density at radius 2 is 1.59 bits per heavy atom. The van der Waals surface area contributed by atoms with Gasteiger partial charge in [-0.1, -0.05) is 74.5 Å². The molecule has 1 heterocycles. The van der Waals surface area contributed by atoms with Crippen LogP contribution in [0.25, 0.3) is 0 Å². The second-order valence-electron chi connectivity index (χ2n) is 11.6. The van der Waals surface area contributed by atoms with Crippen molar-refractivity contribution in [3.05, 3.63) is 71.8 Å². The molecule has 220 valence electrons. The first-order valence-electron chi connectivity index (χ1n) is 14.5. The SMILES string of the molecule is CC(C)C[C@@H]1C(=O)O[C@H]1C(=O)N[C@H]1C[C@H]1CC(CCc1ccccc1)NC(=O)[C@H](C)NC(=O)OCc1ccccc1. The summed E-state index contributed by atoms with van der Waals surface area (Å²) in [6.45, 7) is 5.78. The summed E-state index contributed by atoms with van der Waals surface area (Å²) in [5.41, 5.74) is 2.03. The minimum atomic E-state index is -0.779. The number of hydrogen-bond donors (Lipinski definition) is 3. The molecule has 9 nitrogen and oxygen atoms in total. The van der Waals surface area contributed by atoms with E-state index in [0.29, 0.717) is 18.8 Å². The first-order chi connectivity index (χ1) is 19.7. The molecule has 3 amide bonds. The molecule has 1 saturated heterocycles. The molecule has 9 heteroatoms. The number of aryl methyl sites for hydroxylation is 1. The van der Waals surface area contributed by atoms with E-state index >= 15 is 0 Å². The number of rotatable bonds is 14. The summed E-state index contributed by atoms with van der Waals surface area (Å²) in [6.07, 6.45) is 2.25. The molecular weight excluding hydrogens is 522 g/mol. The molecule has 1 unspecified atom stereocenters. The predicted molar refractivity (Wildman–Crippen MR) is 153 cm³/mol. The van der Waals surface area contributed by atoms with Crippen LogP contribution in [-0.4, -0.2) is 48.1 Å². The molecule has 2 aromatic rings. The topological polar surface area (TPSA) is 123 Å². The molecule has 0 spiro atoms. The van der Waals surface area contributed by atoms with Crippen molar-refractivity contribution < 1.29 is 28.7 Å². The highest BCUT2D eigenvalue weighted by molar-refractivity contribution is 5.94. The fourth-order valence-corrected chi connectivity index (χ4v) is 5.19. The van der Waals surface area contributed by atoms with Crippen molar-refractivity contribution in [2.75, 3.05) is 0 Å². The second-order valence-corrected chi connectivity index (χ2v) is 11.6. The van der Waals surface area contributed by atoms with Gasteiger partial charge in [0.1, 0.15) is 18.6 Å². The van der Waals surface area contributed by atoms with Crippen molar-refractivity contribution >= 4 is 23.9 Å². The lowest BCUT2D eigenvalue weighted by molar-refractivity contribution is -0.190. The zero-order valence-electron chi connectivity index (χ0n) is 24.0. The van der Waals surface area contributed by atoms with E-state index < -0.39 is 18.2 Å². The molecule has 4 rings (SSSR count). The average molecular weight is 564 g/mol. The Labute approximate surface area is 241 Å². The van der Waals surface area contributed by atoms with Crippen LogP contribution in [0, 0.1) is 17.8 Å². The summed E-state index contributed by atoms with van der Waals surface area (Å²) < 4.78 is 10.4. The van der Waals surface area contributed by atoms with Crippen LogP contribution in [0.1, 0.15) is 57.6 Å². The maximum atomic E-state index is 13.0. The molecule has 1 aliphatic carbocycles. The van der Waals surface area contributed by atoms with Gasteiger partial charge in [-0.3, -0.25) is 14.4 Å². The van der Waals surface area contributed by atoms with Gasteiger partial charge < -0.3 is 25.4 Å². The van der Waals surface area contributed by atoms with E-state index in [4.69, 9.17) is 9.47 Å². The number of cyclic esters (lactones) is 1. The van der Waals surface area contributed by atoms with Gasteiger partial charge in [0.2, 0.25) is 5.91 Å². The van der Waals surface area contributed by atoms with E-state index in [-0.39, 0.29) is 48.3 Å². The third kappa shape index (κ3) is 9.06. The van der Waals surface area contributed by atoms with Crippen LogP contribution in [0.15, 0.2) is 60.7 Å². The van der Waals surface area contributed by atoms with Crippen LogP contribution in [0.2, 0.25) is 0 Å². The van der Waals surface area contributed by atoms with Crippen LogP contribution in [0.4, 0.5) is 4.79 Å². The van der Waals surface area contributed by atoms with Gasteiger partial charge in [0.15, 0.2) is 6.10 Å². The summed E-state index contributed by atoms with van der Waals surface area (Å²) in [6, 6.07) is 18.4. The number of esters is 1. The molecule has 0 radical (unpaired) electrons. The molecule has 1 aliphatic heterocycles. The Hall–Kier alpha value is -3.88. The van der Waals surface area contributed by atoms with E-state index in [1.165, 1.54) is 5.56 Å². The van der Waals surface area contributed by atoms with Gasteiger partial charge in [0.25, 0.3) is 5.91 Å². The van der Waals surface area contributed by atoms with E-state index in [0.717, 1.165) is 24.8 Å². The summed E-state index contributed by atoms with van der Waals surface area (Å²) in [5.74, 6) is -0.703. The number of alkyl carbamates (subject to hydrolysis) is 1. The lowest BCUT2D eigenvalue weighted by atomic mass is 9.87. The Kier molecular flexibility index (Phi) is 10.4. The van der Waals surface area contributed by atoms with E-state index in [9.17, 15) is 19.2 Å². The van der Waals surface area contributed by atoms with Crippen molar-refractivity contribution in [3.8, 4) is 0 Å². The van der Waals surface area contributed by atoms with Crippen LogP contribution in [0.5, 0.6) is 0 Å². The smallest absolute Gasteiger partial charge is 0.408 e. The van der Waals surface area contributed by atoms with Crippen molar-refractivity contribution in [1.82, 2.24) is 16.0 Å². The fraction of sp³-hybridized carbons (Fsp3) is 0.500. The summed E-state index contributed by atoms with van der Waals surface area (Å²) in [7, 11) is 0. The van der Waals surface area contributed by atoms with Gasteiger partial charge >= 0.3 is 12.1 Å². The first kappa shape index (κ1) is 30.1. The number of carbonyl (C=O) groups is 4. The van der Waals surface area contributed by atoms with Crippen LogP contribution in [-0.2, 0) is 36.9 Å². The molecule has 2 aliphatic rings. The molecular formula is C32H41N3O6. The zero-order valence-corrected chi connectivity index (χ0v) is 24.0. The standard InChI is InChI=1S/C32H41N3O6/c1-20(2)16-26-28(41-31(26)38)30(37)35-27-18-24(27)17-25(15-14-22-10-6-4-7-11-22)34-29(36)21(3)33-32(39)40-19-23-12-8-5-9-13-23/h4-13,20-21,24-28H,14-19H2,1-3H3,(H,33,39)(H,34,36)(H,35,37)/t21-,24+,25?,26-,27-,28+/m0/s1. The average Bonchev–Trinajstić information content (AvgIpc) is 3.69. The second kappa shape index (κ2) is 14.1. The highest BCUT2D eigenvalue weighted by atomic mass is 16.6. The number of ether oxygens (including phenoxy) is 2. The van der Waals surface area contributed by atoms with Gasteiger partial charge in [0, 0.05) is 12.1 Å². The van der Waals surface area contributed by atoms with Crippen molar-refractivity contribution in [3.63, 3.8) is 0 Å². The largest absolute Gasteiger partial charge is 0.451 e. The van der Waals surface area contributed by atoms with Crippen LogP contribution in [0.3, 0.4) is 0 Å². The summed E-state index contributed by atoms with van der Waals surface area (Å²) in [5, 5.41) is 8.74. The van der Waals surface area contributed by atoms with Crippen LogP contribution >= 0.6 is 0 Å². The lowest BCUT2D eigenvalue weighted by Crippen LogP contribution is -2.55. The number of amides is 3. The summed E-state index contributed by atoms with van der Waals surface area (Å²) in [4.78, 5) is 49.9. The molecule has 2 fully saturated rings. The van der Waals surface area contributed by atoms with Crippen molar-refractivity contribution in [1.29, 1.82) is 0 Å². The number of hydrogen-bond acceptors (Lipinski definition) is 6. The Morgan fingerprint density at radius 1 is 0.927 bits per heavy atom. The number of carbonyl (C=O) groups excluding carboxylic acids is 4.